The van der Waals surface area contributed by atoms with Crippen LogP contribution in [0, 0.1) is 6.61 Å². The Morgan fingerprint density at radius 2 is 2.11 bits per heavy atom. The number of methoxy groups -OCH3 is 1. The molecule has 3 nitrogen and oxygen atoms in total. The molecule has 0 aromatic rings. The molecule has 0 aliphatic rings. The minimum atomic E-state index is 0.319. The second-order valence-electron chi connectivity index (χ2n) is 1.42. The average molecular weight is 133 g/mol. The van der Waals surface area contributed by atoms with Gasteiger partial charge >= 0.3 is 0 Å². The molecule has 1 radical (unpaired) electrons. The second-order valence-corrected chi connectivity index (χ2v) is 1.42. The Kier molecular flexibility index (Phi) is 7.77. The summed E-state index contributed by atoms with van der Waals surface area (Å²) in [5, 5.41) is 0. The fourth-order valence-electron chi connectivity index (χ4n) is 0.317. The van der Waals surface area contributed by atoms with Crippen LogP contribution in [-0.2, 0) is 14.2 Å². The van der Waals surface area contributed by atoms with Crippen LogP contribution >= 0.6 is 0 Å². The van der Waals surface area contributed by atoms with E-state index >= 15 is 0 Å². The van der Waals surface area contributed by atoms with Gasteiger partial charge in [-0.3, -0.25) is 0 Å². The Labute approximate surface area is 55.9 Å². The molecular weight excluding hydrogens is 120 g/mol. The molecule has 0 saturated heterocycles. The third-order valence-electron chi connectivity index (χ3n) is 0.750. The summed E-state index contributed by atoms with van der Waals surface area (Å²) in [6.45, 7) is 4.92. The van der Waals surface area contributed by atoms with Crippen LogP contribution in [0.3, 0.4) is 0 Å². The van der Waals surface area contributed by atoms with Crippen LogP contribution in [0.4, 0.5) is 0 Å². The predicted molar refractivity (Wildman–Crippen MR) is 33.8 cm³/mol. The zero-order valence-electron chi connectivity index (χ0n) is 5.92. The van der Waals surface area contributed by atoms with E-state index in [9.17, 15) is 0 Å². The van der Waals surface area contributed by atoms with Gasteiger partial charge in [0.05, 0.1) is 19.8 Å². The lowest BCUT2D eigenvalue weighted by atomic mass is 10.8. The van der Waals surface area contributed by atoms with Crippen molar-refractivity contribution >= 4 is 0 Å². The molecule has 0 bridgehead atoms. The predicted octanol–water partition coefficient (Wildman–Crippen LogP) is 0.805. The molecular formula is C6H13O3. The van der Waals surface area contributed by atoms with Gasteiger partial charge < -0.3 is 14.2 Å². The molecule has 0 fully saturated rings. The number of ether oxygens (including phenoxy) is 3. The van der Waals surface area contributed by atoms with Crippen molar-refractivity contribution in [2.45, 2.75) is 6.92 Å². The van der Waals surface area contributed by atoms with Crippen LogP contribution in [0.25, 0.3) is 0 Å². The molecule has 9 heavy (non-hydrogen) atoms. The molecule has 0 amide bonds. The lowest BCUT2D eigenvalue weighted by Gasteiger charge is -2.01. The van der Waals surface area contributed by atoms with Crippen LogP contribution in [0.1, 0.15) is 6.92 Å². The molecule has 0 heterocycles. The maximum absolute atomic E-state index is 4.94. The van der Waals surface area contributed by atoms with Crippen molar-refractivity contribution in [3.63, 3.8) is 0 Å². The molecule has 0 aliphatic heterocycles. The fraction of sp³-hybridized carbons (Fsp3) is 0.833. The Hall–Kier alpha value is -0.120. The van der Waals surface area contributed by atoms with Crippen LogP contribution < -0.4 is 0 Å². The fourth-order valence-corrected chi connectivity index (χ4v) is 0.317. The van der Waals surface area contributed by atoms with Gasteiger partial charge in [-0.2, -0.15) is 0 Å². The van der Waals surface area contributed by atoms with Gasteiger partial charge in [0.15, 0.2) is 0 Å². The maximum Gasteiger partial charge on any atom is 0.147 e. The Morgan fingerprint density at radius 1 is 1.33 bits per heavy atom. The van der Waals surface area contributed by atoms with E-state index in [4.69, 9.17) is 14.2 Å². The van der Waals surface area contributed by atoms with Gasteiger partial charge in [-0.05, 0) is 6.92 Å². The minimum Gasteiger partial charge on any atom is -0.382 e. The lowest BCUT2D eigenvalue weighted by molar-refractivity contribution is -0.0424. The molecule has 0 N–H and O–H groups in total. The van der Waals surface area contributed by atoms with Gasteiger partial charge in [0.25, 0.3) is 0 Å². The van der Waals surface area contributed by atoms with Gasteiger partial charge in [-0.25, -0.2) is 0 Å². The first kappa shape index (κ1) is 8.88. The molecule has 0 aliphatic carbocycles. The average Bonchev–Trinajstić information content (AvgIpc) is 1.89. The van der Waals surface area contributed by atoms with Crippen molar-refractivity contribution in [1.29, 1.82) is 0 Å². The first-order chi connectivity index (χ1) is 4.41. The van der Waals surface area contributed by atoms with Crippen molar-refractivity contribution in [2.24, 2.45) is 0 Å². The second kappa shape index (κ2) is 7.88. The molecule has 0 aromatic heterocycles. The number of hydrogen-bond donors (Lipinski definition) is 0. The Balaban J connectivity index is 2.60. The molecule has 0 saturated carbocycles. The van der Waals surface area contributed by atoms with E-state index in [-0.39, 0.29) is 0 Å². The molecule has 55 valence electrons. The third kappa shape index (κ3) is 7.88. The van der Waals surface area contributed by atoms with Crippen molar-refractivity contribution in [3.05, 3.63) is 6.61 Å². The standard InChI is InChI=1S/C6H13O3/c1-3-8-6-9-5-4-7-2/h3H,4-6H2,1-2H3. The minimum absolute atomic E-state index is 0.319. The molecule has 3 heteroatoms. The number of rotatable bonds is 6. The molecule has 0 aromatic carbocycles. The largest absolute Gasteiger partial charge is 0.382 e. The summed E-state index contributed by atoms with van der Waals surface area (Å²) in [7, 11) is 1.64. The Morgan fingerprint density at radius 3 is 2.67 bits per heavy atom. The van der Waals surface area contributed by atoms with Crippen LogP contribution in [-0.4, -0.2) is 27.1 Å². The summed E-state index contributed by atoms with van der Waals surface area (Å²) < 4.78 is 14.4. The van der Waals surface area contributed by atoms with E-state index in [1.54, 1.807) is 20.6 Å². The summed E-state index contributed by atoms with van der Waals surface area (Å²) in [4.78, 5) is 0. The van der Waals surface area contributed by atoms with Gasteiger partial charge in [0.1, 0.15) is 6.79 Å². The number of hydrogen-bond acceptors (Lipinski definition) is 3. The highest BCUT2D eigenvalue weighted by molar-refractivity contribution is 4.28. The molecule has 0 rings (SSSR count). The van der Waals surface area contributed by atoms with Crippen LogP contribution in [0.2, 0.25) is 0 Å². The third-order valence-corrected chi connectivity index (χ3v) is 0.750. The highest BCUT2D eigenvalue weighted by Gasteiger charge is 1.83. The highest BCUT2D eigenvalue weighted by atomic mass is 16.7. The maximum atomic E-state index is 4.94. The quantitative estimate of drug-likeness (QED) is 0.396. The van der Waals surface area contributed by atoms with Gasteiger partial charge in [-0.15, -0.1) is 0 Å². The zero-order valence-corrected chi connectivity index (χ0v) is 5.92. The van der Waals surface area contributed by atoms with Crippen molar-refractivity contribution in [2.75, 3.05) is 27.1 Å². The first-order valence-electron chi connectivity index (χ1n) is 2.88. The highest BCUT2D eigenvalue weighted by Crippen LogP contribution is 1.80. The molecule has 0 atom stereocenters. The van der Waals surface area contributed by atoms with E-state index in [1.807, 2.05) is 0 Å². The van der Waals surface area contributed by atoms with Crippen molar-refractivity contribution in [1.82, 2.24) is 0 Å². The summed E-state index contributed by atoms with van der Waals surface area (Å²) in [6.07, 6.45) is 0. The van der Waals surface area contributed by atoms with E-state index in [2.05, 4.69) is 0 Å². The summed E-state index contributed by atoms with van der Waals surface area (Å²) in [5.41, 5.74) is 0. The summed E-state index contributed by atoms with van der Waals surface area (Å²) in [5.74, 6) is 0. The smallest absolute Gasteiger partial charge is 0.147 e. The van der Waals surface area contributed by atoms with E-state index in [1.165, 1.54) is 0 Å². The van der Waals surface area contributed by atoms with E-state index < -0.39 is 0 Å². The van der Waals surface area contributed by atoms with Gasteiger partial charge in [0.2, 0.25) is 0 Å². The lowest BCUT2D eigenvalue weighted by Crippen LogP contribution is -2.03. The van der Waals surface area contributed by atoms with Crippen LogP contribution in [0.5, 0.6) is 0 Å². The van der Waals surface area contributed by atoms with E-state index in [0.29, 0.717) is 20.0 Å². The topological polar surface area (TPSA) is 27.7 Å². The molecule has 0 spiro atoms. The SMILES string of the molecule is C[CH]OCOCCOC. The van der Waals surface area contributed by atoms with Crippen LogP contribution in [0.15, 0.2) is 0 Å². The first-order valence-corrected chi connectivity index (χ1v) is 2.88. The monoisotopic (exact) mass is 133 g/mol. The Bertz CT molecular complexity index is 41.6. The normalized spacial score (nSPS) is 10.0. The van der Waals surface area contributed by atoms with Crippen molar-refractivity contribution < 1.29 is 14.2 Å². The van der Waals surface area contributed by atoms with Crippen molar-refractivity contribution in [3.8, 4) is 0 Å². The summed E-state index contributed by atoms with van der Waals surface area (Å²) >= 11 is 0. The van der Waals surface area contributed by atoms with E-state index in [0.717, 1.165) is 0 Å². The zero-order chi connectivity index (χ0) is 6.95. The molecule has 0 unspecified atom stereocenters. The van der Waals surface area contributed by atoms with Gasteiger partial charge in [-0.1, -0.05) is 0 Å². The van der Waals surface area contributed by atoms with Gasteiger partial charge in [0, 0.05) is 7.11 Å². The summed E-state index contributed by atoms with van der Waals surface area (Å²) in [6, 6.07) is 0.